The summed E-state index contributed by atoms with van der Waals surface area (Å²) in [7, 11) is -2.16. The number of carbonyl (C=O) groups is 1. The highest BCUT2D eigenvalue weighted by atomic mass is 32.2. The van der Waals surface area contributed by atoms with E-state index in [9.17, 15) is 13.2 Å². The van der Waals surface area contributed by atoms with Crippen molar-refractivity contribution in [2.45, 2.75) is 38.1 Å². The molecule has 1 atom stereocenters. The molecular formula is C25H28N2O3S. The summed E-state index contributed by atoms with van der Waals surface area (Å²) in [6.45, 7) is 5.95. The average Bonchev–Trinajstić information content (AvgIpc) is 2.79. The Kier molecular flexibility index (Phi) is 6.81. The van der Waals surface area contributed by atoms with Gasteiger partial charge in [0, 0.05) is 12.6 Å². The fourth-order valence-corrected chi connectivity index (χ4v) is 4.43. The highest BCUT2D eigenvalue weighted by Crippen LogP contribution is 2.23. The third-order valence-electron chi connectivity index (χ3n) is 5.41. The van der Waals surface area contributed by atoms with Gasteiger partial charge in [-0.15, -0.1) is 0 Å². The van der Waals surface area contributed by atoms with Gasteiger partial charge in [-0.3, -0.25) is 9.10 Å². The number of carbonyl (C=O) groups excluding carboxylic acids is 1. The molecule has 0 saturated carbocycles. The van der Waals surface area contributed by atoms with E-state index in [2.05, 4.69) is 24.4 Å². The smallest absolute Gasteiger partial charge is 0.264 e. The lowest BCUT2D eigenvalue weighted by Gasteiger charge is -2.20. The molecule has 31 heavy (non-hydrogen) atoms. The van der Waals surface area contributed by atoms with Crippen LogP contribution in [0.25, 0.3) is 0 Å². The second-order valence-electron chi connectivity index (χ2n) is 7.62. The first-order valence-corrected chi connectivity index (χ1v) is 11.7. The second-order valence-corrected chi connectivity index (χ2v) is 9.59. The van der Waals surface area contributed by atoms with Crippen LogP contribution in [0, 0.1) is 6.92 Å². The maximum Gasteiger partial charge on any atom is 0.264 e. The fourth-order valence-electron chi connectivity index (χ4n) is 3.24. The van der Waals surface area contributed by atoms with Crippen molar-refractivity contribution < 1.29 is 13.2 Å². The number of nitrogens with one attached hydrogen (secondary N) is 1. The summed E-state index contributed by atoms with van der Waals surface area (Å²) in [4.78, 5) is 12.9. The molecule has 0 radical (unpaired) electrons. The van der Waals surface area contributed by atoms with Crippen LogP contribution in [0.15, 0.2) is 77.7 Å². The van der Waals surface area contributed by atoms with Gasteiger partial charge in [-0.05, 0) is 67.8 Å². The van der Waals surface area contributed by atoms with Crippen molar-refractivity contribution in [1.29, 1.82) is 0 Å². The zero-order chi connectivity index (χ0) is 22.6. The minimum absolute atomic E-state index is 0.136. The van der Waals surface area contributed by atoms with E-state index in [1.165, 1.54) is 16.9 Å². The fraction of sp³-hybridized carbons (Fsp3) is 0.240. The van der Waals surface area contributed by atoms with Gasteiger partial charge < -0.3 is 5.32 Å². The Bertz CT molecular complexity index is 1140. The molecule has 1 unspecified atom stereocenters. The number of anilines is 1. The molecule has 1 N–H and O–H groups in total. The molecule has 0 saturated heterocycles. The Morgan fingerprint density at radius 2 is 1.52 bits per heavy atom. The van der Waals surface area contributed by atoms with Crippen LogP contribution in [0.1, 0.15) is 46.9 Å². The van der Waals surface area contributed by atoms with Crippen molar-refractivity contribution in [3.8, 4) is 0 Å². The Hall–Kier alpha value is -3.12. The van der Waals surface area contributed by atoms with Crippen molar-refractivity contribution in [3.63, 3.8) is 0 Å². The van der Waals surface area contributed by atoms with Gasteiger partial charge in [0.05, 0.1) is 16.6 Å². The lowest BCUT2D eigenvalue weighted by Crippen LogP contribution is -2.28. The van der Waals surface area contributed by atoms with E-state index in [4.69, 9.17) is 0 Å². The number of rotatable bonds is 7. The average molecular weight is 437 g/mol. The van der Waals surface area contributed by atoms with E-state index in [-0.39, 0.29) is 16.8 Å². The molecule has 5 nitrogen and oxygen atoms in total. The molecule has 0 aliphatic carbocycles. The topological polar surface area (TPSA) is 66.5 Å². The quantitative estimate of drug-likeness (QED) is 0.574. The summed E-state index contributed by atoms with van der Waals surface area (Å²) in [6.07, 6.45) is 0.974. The van der Waals surface area contributed by atoms with E-state index in [0.717, 1.165) is 17.5 Å². The second kappa shape index (κ2) is 9.35. The maximum atomic E-state index is 12.9. The Morgan fingerprint density at radius 3 is 2.06 bits per heavy atom. The predicted molar refractivity (Wildman–Crippen MR) is 125 cm³/mol. The van der Waals surface area contributed by atoms with Gasteiger partial charge in [0.15, 0.2) is 0 Å². The van der Waals surface area contributed by atoms with E-state index in [0.29, 0.717) is 11.3 Å². The van der Waals surface area contributed by atoms with Crippen molar-refractivity contribution in [2.24, 2.45) is 0 Å². The molecule has 0 spiro atoms. The SMILES string of the molecule is CCc1ccc(C(C)NC(=O)c2ccc(N(C)S(=O)(=O)c3ccc(C)cc3)cc2)cc1. The van der Waals surface area contributed by atoms with Gasteiger partial charge in [-0.2, -0.15) is 0 Å². The number of nitrogens with zero attached hydrogens (tertiary/aromatic N) is 1. The molecule has 0 aliphatic rings. The number of sulfonamides is 1. The van der Waals surface area contributed by atoms with Gasteiger partial charge in [0.2, 0.25) is 0 Å². The molecule has 0 heterocycles. The van der Waals surface area contributed by atoms with E-state index >= 15 is 0 Å². The van der Waals surface area contributed by atoms with Gasteiger partial charge >= 0.3 is 0 Å². The lowest BCUT2D eigenvalue weighted by molar-refractivity contribution is 0.0940. The van der Waals surface area contributed by atoms with E-state index in [1.807, 2.05) is 26.0 Å². The van der Waals surface area contributed by atoms with Gasteiger partial charge in [-0.25, -0.2) is 8.42 Å². The van der Waals surface area contributed by atoms with Crippen LogP contribution in [0.2, 0.25) is 0 Å². The molecule has 0 fully saturated rings. The summed E-state index contributed by atoms with van der Waals surface area (Å²) < 4.78 is 26.9. The van der Waals surface area contributed by atoms with Gasteiger partial charge in [0.1, 0.15) is 0 Å². The predicted octanol–water partition coefficient (Wildman–Crippen LogP) is 4.87. The van der Waals surface area contributed by atoms with Gasteiger partial charge in [0.25, 0.3) is 15.9 Å². The van der Waals surface area contributed by atoms with Crippen LogP contribution in [0.5, 0.6) is 0 Å². The molecule has 0 aromatic heterocycles. The van der Waals surface area contributed by atoms with Crippen molar-refractivity contribution >= 4 is 21.6 Å². The van der Waals surface area contributed by atoms with Gasteiger partial charge in [-0.1, -0.05) is 48.9 Å². The standard InChI is InChI=1S/C25H28N2O3S/c1-5-20-8-10-21(11-9-20)19(3)26-25(28)22-12-14-23(15-13-22)27(4)31(29,30)24-16-6-18(2)7-17-24/h6-17,19H,5H2,1-4H3,(H,26,28). The lowest BCUT2D eigenvalue weighted by atomic mass is 10.0. The first kappa shape index (κ1) is 22.6. The van der Waals surface area contributed by atoms with Crippen LogP contribution in [-0.4, -0.2) is 21.4 Å². The van der Waals surface area contributed by atoms with Crippen molar-refractivity contribution in [2.75, 3.05) is 11.4 Å². The zero-order valence-electron chi connectivity index (χ0n) is 18.3. The minimum Gasteiger partial charge on any atom is -0.346 e. The Balaban J connectivity index is 1.71. The molecule has 3 rings (SSSR count). The van der Waals surface area contributed by atoms with Crippen LogP contribution in [0.4, 0.5) is 5.69 Å². The molecular weight excluding hydrogens is 408 g/mol. The molecule has 0 aliphatic heterocycles. The molecule has 6 heteroatoms. The highest BCUT2D eigenvalue weighted by molar-refractivity contribution is 7.92. The van der Waals surface area contributed by atoms with Crippen LogP contribution in [-0.2, 0) is 16.4 Å². The van der Waals surface area contributed by atoms with Crippen LogP contribution in [0.3, 0.4) is 0 Å². The molecule has 0 bridgehead atoms. The first-order chi connectivity index (χ1) is 14.7. The summed E-state index contributed by atoms with van der Waals surface area (Å²) >= 11 is 0. The monoisotopic (exact) mass is 436 g/mol. The van der Waals surface area contributed by atoms with Crippen LogP contribution >= 0.6 is 0 Å². The van der Waals surface area contributed by atoms with Crippen molar-refractivity contribution in [1.82, 2.24) is 5.32 Å². The maximum absolute atomic E-state index is 12.9. The number of amides is 1. The number of benzene rings is 3. The summed E-state index contributed by atoms with van der Waals surface area (Å²) in [5.74, 6) is -0.206. The Labute approximate surface area is 184 Å². The number of hydrogen-bond donors (Lipinski definition) is 1. The van der Waals surface area contributed by atoms with Crippen LogP contribution < -0.4 is 9.62 Å². The summed E-state index contributed by atoms with van der Waals surface area (Å²) in [5.41, 5.74) is 4.24. The third kappa shape index (κ3) is 5.14. The summed E-state index contributed by atoms with van der Waals surface area (Å²) in [6, 6.07) is 21.3. The highest BCUT2D eigenvalue weighted by Gasteiger charge is 2.21. The van der Waals surface area contributed by atoms with E-state index < -0.39 is 10.0 Å². The molecule has 3 aromatic carbocycles. The first-order valence-electron chi connectivity index (χ1n) is 10.3. The third-order valence-corrected chi connectivity index (χ3v) is 7.21. The number of hydrogen-bond acceptors (Lipinski definition) is 3. The molecule has 162 valence electrons. The van der Waals surface area contributed by atoms with Crippen molar-refractivity contribution in [3.05, 3.63) is 95.1 Å². The largest absolute Gasteiger partial charge is 0.346 e. The molecule has 3 aromatic rings. The zero-order valence-corrected chi connectivity index (χ0v) is 19.1. The molecule has 1 amide bonds. The minimum atomic E-state index is -3.67. The van der Waals surface area contributed by atoms with E-state index in [1.54, 1.807) is 48.5 Å². The Morgan fingerprint density at radius 1 is 0.935 bits per heavy atom. The number of aryl methyl sites for hydroxylation is 2. The normalized spacial score (nSPS) is 12.3. The summed E-state index contributed by atoms with van der Waals surface area (Å²) in [5, 5.41) is 2.99.